The molecule has 2 rings (SSSR count). The van der Waals surface area contributed by atoms with E-state index in [4.69, 9.17) is 10.2 Å². The van der Waals surface area contributed by atoms with Gasteiger partial charge in [-0.05, 0) is 12.8 Å². The molecule has 0 aromatic carbocycles. The van der Waals surface area contributed by atoms with E-state index < -0.39 is 0 Å². The second-order valence-electron chi connectivity index (χ2n) is 4.12. The molecule has 2 aromatic heterocycles. The van der Waals surface area contributed by atoms with Crippen molar-refractivity contribution in [3.63, 3.8) is 0 Å². The molecule has 2 heterocycles. The first kappa shape index (κ1) is 15.6. The zero-order valence-electron chi connectivity index (χ0n) is 11.4. The van der Waals surface area contributed by atoms with Gasteiger partial charge in [-0.1, -0.05) is 13.8 Å². The molecule has 0 atom stereocenters. The summed E-state index contributed by atoms with van der Waals surface area (Å²) in [7, 11) is 0. The molecule has 0 saturated carbocycles. The average Bonchev–Trinajstić information content (AvgIpc) is 2.45. The molecule has 0 spiro atoms. The minimum Gasteiger partial charge on any atom is -0.503 e. The predicted octanol–water partition coefficient (Wildman–Crippen LogP) is 1.29. The van der Waals surface area contributed by atoms with Crippen molar-refractivity contribution in [2.24, 2.45) is 0 Å². The van der Waals surface area contributed by atoms with E-state index >= 15 is 0 Å². The summed E-state index contributed by atoms with van der Waals surface area (Å²) < 4.78 is 0. The number of rotatable bonds is 2. The van der Waals surface area contributed by atoms with Crippen molar-refractivity contribution in [1.82, 2.24) is 9.97 Å². The van der Waals surface area contributed by atoms with Crippen LogP contribution in [-0.4, -0.2) is 20.2 Å². The number of aromatic hydroxyl groups is 2. The number of hydrogen-bond acceptors (Lipinski definition) is 4. The smallest absolute Gasteiger partial charge is 0.223 e. The van der Waals surface area contributed by atoms with Crippen LogP contribution in [0.2, 0.25) is 0 Å². The van der Waals surface area contributed by atoms with E-state index in [1.54, 1.807) is 0 Å². The summed E-state index contributed by atoms with van der Waals surface area (Å²) in [5, 5.41) is 17.6. The normalized spacial score (nSPS) is 9.70. The molecule has 0 radical (unpaired) electrons. The molecule has 20 heavy (non-hydrogen) atoms. The molecule has 0 amide bonds. The minimum absolute atomic E-state index is 0.225. The van der Waals surface area contributed by atoms with Crippen LogP contribution in [0.4, 0.5) is 0 Å². The Bertz CT molecular complexity index is 614. The largest absolute Gasteiger partial charge is 0.503 e. The van der Waals surface area contributed by atoms with Gasteiger partial charge in [0, 0.05) is 35.9 Å². The van der Waals surface area contributed by atoms with Crippen LogP contribution >= 0.6 is 0 Å². The third kappa shape index (κ3) is 4.31. The lowest BCUT2D eigenvalue weighted by molar-refractivity contribution is 0.466. The summed E-state index contributed by atoms with van der Waals surface area (Å²) in [6.45, 7) is 3.87. The van der Waals surface area contributed by atoms with E-state index in [0.717, 1.165) is 24.2 Å². The van der Waals surface area contributed by atoms with Crippen molar-refractivity contribution in [2.75, 3.05) is 0 Å². The molecule has 0 bridgehead atoms. The van der Waals surface area contributed by atoms with Crippen molar-refractivity contribution in [2.45, 2.75) is 26.7 Å². The second-order valence-corrected chi connectivity index (χ2v) is 4.12. The number of aryl methyl sites for hydroxylation is 2. The van der Waals surface area contributed by atoms with Crippen LogP contribution in [0.15, 0.2) is 34.1 Å². The van der Waals surface area contributed by atoms with Crippen molar-refractivity contribution in [1.29, 1.82) is 0 Å². The van der Waals surface area contributed by atoms with Gasteiger partial charge in [0.05, 0.1) is 0 Å². The maximum absolute atomic E-state index is 10.7. The summed E-state index contributed by atoms with van der Waals surface area (Å²) in [4.78, 5) is 27.0. The van der Waals surface area contributed by atoms with E-state index in [-0.39, 0.29) is 22.4 Å². The summed E-state index contributed by atoms with van der Waals surface area (Å²) in [6, 6.07) is 2.80. The first-order valence-electron chi connectivity index (χ1n) is 6.29. The molecule has 0 fully saturated rings. The molecule has 2 aromatic rings. The Kier molecular flexibility index (Phi) is 5.58. The van der Waals surface area contributed by atoms with E-state index in [9.17, 15) is 9.59 Å². The molecule has 6 nitrogen and oxygen atoms in total. The Morgan fingerprint density at radius 1 is 0.850 bits per heavy atom. The molecule has 0 aliphatic carbocycles. The Morgan fingerprint density at radius 2 is 1.20 bits per heavy atom. The Labute approximate surface area is 115 Å². The molecule has 0 unspecified atom stereocenters. The number of H-pyrrole nitrogens is 2. The number of aromatic amines is 2. The molecular formula is C14H18N2O4. The third-order valence-corrected chi connectivity index (χ3v) is 2.67. The Morgan fingerprint density at radius 3 is 1.45 bits per heavy atom. The first-order chi connectivity index (χ1) is 9.47. The molecule has 0 aliphatic rings. The van der Waals surface area contributed by atoms with Crippen molar-refractivity contribution in [3.05, 3.63) is 56.4 Å². The molecule has 108 valence electrons. The first-order valence-corrected chi connectivity index (χ1v) is 6.29. The van der Waals surface area contributed by atoms with Gasteiger partial charge in [0.1, 0.15) is 0 Å². The van der Waals surface area contributed by atoms with Crippen LogP contribution in [0.25, 0.3) is 0 Å². The topological polar surface area (TPSA) is 106 Å². The van der Waals surface area contributed by atoms with Gasteiger partial charge in [-0.2, -0.15) is 0 Å². The summed E-state index contributed by atoms with van der Waals surface area (Å²) in [5.41, 5.74) is 1.02. The standard InChI is InChI=1S/2C7H9NO2/c2*1-2-5-3-6(9)7(10)4-8-5/h2*3-4,10H,2H2,1H3,(H,8,9). The highest BCUT2D eigenvalue weighted by atomic mass is 16.3. The second kappa shape index (κ2) is 7.18. The van der Waals surface area contributed by atoms with Crippen molar-refractivity contribution >= 4 is 0 Å². The Hall–Kier alpha value is -2.50. The maximum atomic E-state index is 10.7. The molecule has 6 heteroatoms. The lowest BCUT2D eigenvalue weighted by atomic mass is 10.3. The van der Waals surface area contributed by atoms with Crippen molar-refractivity contribution < 1.29 is 10.2 Å². The molecular weight excluding hydrogens is 260 g/mol. The predicted molar refractivity (Wildman–Crippen MR) is 76.2 cm³/mol. The fraction of sp³-hybridized carbons (Fsp3) is 0.286. The zero-order valence-corrected chi connectivity index (χ0v) is 11.4. The van der Waals surface area contributed by atoms with Crippen LogP contribution in [0.1, 0.15) is 25.2 Å². The van der Waals surface area contributed by atoms with Crippen LogP contribution in [0.5, 0.6) is 11.5 Å². The maximum Gasteiger partial charge on any atom is 0.223 e. The quantitative estimate of drug-likeness (QED) is 0.664. The van der Waals surface area contributed by atoms with Gasteiger partial charge in [0.2, 0.25) is 10.9 Å². The molecule has 0 aliphatic heterocycles. The summed E-state index contributed by atoms with van der Waals surface area (Å²) in [5.74, 6) is -0.450. The molecule has 4 N–H and O–H groups in total. The van der Waals surface area contributed by atoms with Gasteiger partial charge in [0.25, 0.3) is 0 Å². The van der Waals surface area contributed by atoms with E-state index in [1.165, 1.54) is 24.5 Å². The highest BCUT2D eigenvalue weighted by molar-refractivity contribution is 5.18. The summed E-state index contributed by atoms with van der Waals surface area (Å²) in [6.07, 6.45) is 4.16. The highest BCUT2D eigenvalue weighted by Gasteiger charge is 1.95. The fourth-order valence-electron chi connectivity index (χ4n) is 1.42. The number of aromatic nitrogens is 2. The van der Waals surface area contributed by atoms with Gasteiger partial charge in [-0.15, -0.1) is 0 Å². The van der Waals surface area contributed by atoms with Gasteiger partial charge < -0.3 is 20.2 Å². The van der Waals surface area contributed by atoms with E-state index in [0.29, 0.717) is 0 Å². The van der Waals surface area contributed by atoms with Gasteiger partial charge in [0.15, 0.2) is 11.5 Å². The van der Waals surface area contributed by atoms with Crippen LogP contribution in [0.3, 0.4) is 0 Å². The fourth-order valence-corrected chi connectivity index (χ4v) is 1.42. The minimum atomic E-state index is -0.324. The van der Waals surface area contributed by atoms with Gasteiger partial charge in [-0.25, -0.2) is 0 Å². The van der Waals surface area contributed by atoms with Gasteiger partial charge >= 0.3 is 0 Å². The highest BCUT2D eigenvalue weighted by Crippen LogP contribution is 1.98. The number of hydrogen-bond donors (Lipinski definition) is 4. The van der Waals surface area contributed by atoms with Crippen LogP contribution in [-0.2, 0) is 12.8 Å². The molecule has 0 saturated heterocycles. The zero-order chi connectivity index (χ0) is 15.1. The van der Waals surface area contributed by atoms with Crippen LogP contribution in [0, 0.1) is 0 Å². The lowest BCUT2D eigenvalue weighted by Gasteiger charge is -1.94. The SMILES string of the molecule is CCc1cc(=O)c(O)c[nH]1.CCc1cc(=O)c(O)c[nH]1. The summed E-state index contributed by atoms with van der Waals surface area (Å²) >= 11 is 0. The van der Waals surface area contributed by atoms with Crippen LogP contribution < -0.4 is 10.9 Å². The Balaban J connectivity index is 0.000000200. The number of pyridine rings is 2. The van der Waals surface area contributed by atoms with E-state index in [1.807, 2.05) is 13.8 Å². The van der Waals surface area contributed by atoms with Gasteiger partial charge in [-0.3, -0.25) is 9.59 Å². The monoisotopic (exact) mass is 278 g/mol. The van der Waals surface area contributed by atoms with E-state index in [2.05, 4.69) is 9.97 Å². The average molecular weight is 278 g/mol. The third-order valence-electron chi connectivity index (χ3n) is 2.67. The van der Waals surface area contributed by atoms with Crippen molar-refractivity contribution in [3.8, 4) is 11.5 Å². The number of nitrogens with one attached hydrogen (secondary N) is 2. The lowest BCUT2D eigenvalue weighted by Crippen LogP contribution is -2.01.